The number of hydrogen-bond donors (Lipinski definition) is 2. The van der Waals surface area contributed by atoms with Gasteiger partial charge in [0, 0.05) is 18.8 Å². The molecule has 126 valence electrons. The van der Waals surface area contributed by atoms with Crippen LogP contribution in [0, 0.1) is 16.0 Å². The summed E-state index contributed by atoms with van der Waals surface area (Å²) in [4.78, 5) is 27.2. The summed E-state index contributed by atoms with van der Waals surface area (Å²) < 4.78 is 0. The Morgan fingerprint density at radius 3 is 2.83 bits per heavy atom. The van der Waals surface area contributed by atoms with Gasteiger partial charge in [0.1, 0.15) is 0 Å². The first-order valence-electron chi connectivity index (χ1n) is 8.06. The lowest BCUT2D eigenvalue weighted by molar-refractivity contribution is -0.383. The number of nitro groups is 1. The van der Waals surface area contributed by atoms with Crippen LogP contribution >= 0.6 is 0 Å². The minimum absolute atomic E-state index is 0.0827. The van der Waals surface area contributed by atoms with Gasteiger partial charge in [-0.15, -0.1) is 0 Å². The molecule has 0 aliphatic heterocycles. The number of amides is 1. The van der Waals surface area contributed by atoms with Crippen molar-refractivity contribution in [1.82, 2.24) is 10.3 Å². The number of carbonyl (C=O) groups excluding carboxylic acids is 1. The average molecular weight is 329 g/mol. The summed E-state index contributed by atoms with van der Waals surface area (Å²) in [5, 5.41) is 24.3. The molecule has 1 heterocycles. The lowest BCUT2D eigenvalue weighted by Crippen LogP contribution is -2.35. The summed E-state index contributed by atoms with van der Waals surface area (Å²) in [5.41, 5.74) is 0.481. The maximum Gasteiger partial charge on any atom is 0.278 e. The van der Waals surface area contributed by atoms with Crippen LogP contribution < -0.4 is 5.32 Å². The van der Waals surface area contributed by atoms with Gasteiger partial charge in [-0.25, -0.2) is 0 Å². The number of carbonyl (C=O) groups is 1. The molecule has 0 saturated heterocycles. The Labute approximate surface area is 138 Å². The van der Waals surface area contributed by atoms with Gasteiger partial charge in [0.25, 0.3) is 11.6 Å². The smallest absolute Gasteiger partial charge is 0.278 e. The van der Waals surface area contributed by atoms with E-state index in [0.717, 1.165) is 25.7 Å². The van der Waals surface area contributed by atoms with E-state index in [-0.39, 0.29) is 29.6 Å². The van der Waals surface area contributed by atoms with E-state index in [9.17, 15) is 20.0 Å². The Balaban J connectivity index is 1.80. The Bertz CT molecular complexity index is 772. The molecule has 1 unspecified atom stereocenters. The zero-order valence-corrected chi connectivity index (χ0v) is 13.1. The maximum atomic E-state index is 12.4. The first kappa shape index (κ1) is 16.3. The predicted octanol–water partition coefficient (Wildman–Crippen LogP) is 2.42. The summed E-state index contributed by atoms with van der Waals surface area (Å²) in [5.74, 6) is -0.150. The summed E-state index contributed by atoms with van der Waals surface area (Å²) in [6.07, 6.45) is 5.14. The number of benzene rings is 1. The molecule has 1 aliphatic carbocycles. The van der Waals surface area contributed by atoms with E-state index in [2.05, 4.69) is 10.3 Å². The third kappa shape index (κ3) is 3.21. The van der Waals surface area contributed by atoms with Crippen LogP contribution in [0.3, 0.4) is 0 Å². The molecular weight excluding hydrogens is 310 g/mol. The summed E-state index contributed by atoms with van der Waals surface area (Å²) in [7, 11) is 0. The molecule has 24 heavy (non-hydrogen) atoms. The van der Waals surface area contributed by atoms with Gasteiger partial charge in [0.2, 0.25) is 0 Å². The Hall–Kier alpha value is -2.54. The monoisotopic (exact) mass is 329 g/mol. The van der Waals surface area contributed by atoms with Crippen LogP contribution in [0.4, 0.5) is 5.69 Å². The van der Waals surface area contributed by atoms with Crippen molar-refractivity contribution in [3.63, 3.8) is 0 Å². The van der Waals surface area contributed by atoms with Crippen LogP contribution in [0.1, 0.15) is 36.0 Å². The highest BCUT2D eigenvalue weighted by Crippen LogP contribution is 2.28. The van der Waals surface area contributed by atoms with Gasteiger partial charge in [-0.1, -0.05) is 12.8 Å². The molecule has 1 aromatic heterocycles. The second-order valence-corrected chi connectivity index (χ2v) is 6.11. The van der Waals surface area contributed by atoms with E-state index in [1.807, 2.05) is 0 Å². The van der Waals surface area contributed by atoms with Gasteiger partial charge in [0.05, 0.1) is 27.5 Å². The van der Waals surface area contributed by atoms with Gasteiger partial charge in [-0.2, -0.15) is 0 Å². The average Bonchev–Trinajstić information content (AvgIpc) is 3.13. The first-order chi connectivity index (χ1) is 11.6. The molecule has 0 spiro atoms. The fraction of sp³-hybridized carbons (Fsp3) is 0.412. The highest BCUT2D eigenvalue weighted by molar-refractivity contribution is 6.07. The van der Waals surface area contributed by atoms with Gasteiger partial charge >= 0.3 is 0 Å². The van der Waals surface area contributed by atoms with Gasteiger partial charge in [-0.05, 0) is 37.0 Å². The van der Waals surface area contributed by atoms with Gasteiger partial charge in [0.15, 0.2) is 0 Å². The SMILES string of the molecule is O=C(NCC(O)C1CCCC1)c1ccc([N+](=O)[O-])c2cccnc12. The number of rotatable bonds is 5. The molecule has 1 amide bonds. The fourth-order valence-corrected chi connectivity index (χ4v) is 3.30. The quantitative estimate of drug-likeness (QED) is 0.647. The van der Waals surface area contributed by atoms with Crippen molar-refractivity contribution < 1.29 is 14.8 Å². The van der Waals surface area contributed by atoms with Crippen molar-refractivity contribution in [2.75, 3.05) is 6.54 Å². The molecule has 0 radical (unpaired) electrons. The first-order valence-corrected chi connectivity index (χ1v) is 8.06. The number of hydrogen-bond acceptors (Lipinski definition) is 5. The summed E-state index contributed by atoms with van der Waals surface area (Å²) in [6.45, 7) is 0.175. The highest BCUT2D eigenvalue weighted by Gasteiger charge is 2.24. The molecule has 0 bridgehead atoms. The van der Waals surface area contributed by atoms with E-state index in [1.165, 1.54) is 18.3 Å². The predicted molar refractivity (Wildman–Crippen MR) is 88.7 cm³/mol. The molecule has 2 N–H and O–H groups in total. The van der Waals surface area contributed by atoms with Crippen LogP contribution in [0.5, 0.6) is 0 Å². The van der Waals surface area contributed by atoms with Crippen molar-refractivity contribution in [2.45, 2.75) is 31.8 Å². The molecule has 7 nitrogen and oxygen atoms in total. The minimum atomic E-state index is -0.561. The molecule has 1 fully saturated rings. The normalized spacial score (nSPS) is 16.2. The number of nitrogens with zero attached hydrogens (tertiary/aromatic N) is 2. The van der Waals surface area contributed by atoms with Crippen molar-refractivity contribution in [3.8, 4) is 0 Å². The number of aliphatic hydroxyl groups excluding tert-OH is 1. The summed E-state index contributed by atoms with van der Waals surface area (Å²) in [6, 6.07) is 5.89. The van der Waals surface area contributed by atoms with E-state index in [4.69, 9.17) is 0 Å². The second-order valence-electron chi connectivity index (χ2n) is 6.11. The zero-order chi connectivity index (χ0) is 17.1. The van der Waals surface area contributed by atoms with Crippen LogP contribution in [0.15, 0.2) is 30.5 Å². The molecule has 1 aromatic carbocycles. The van der Waals surface area contributed by atoms with Crippen molar-refractivity contribution in [1.29, 1.82) is 0 Å². The number of pyridine rings is 1. The topological polar surface area (TPSA) is 105 Å². The largest absolute Gasteiger partial charge is 0.391 e. The van der Waals surface area contributed by atoms with Crippen LogP contribution in [0.2, 0.25) is 0 Å². The fourth-order valence-electron chi connectivity index (χ4n) is 3.30. The van der Waals surface area contributed by atoms with E-state index in [0.29, 0.717) is 10.9 Å². The third-order valence-electron chi connectivity index (χ3n) is 4.60. The molecule has 7 heteroatoms. The van der Waals surface area contributed by atoms with Crippen molar-refractivity contribution in [2.24, 2.45) is 5.92 Å². The molecular formula is C17H19N3O4. The second kappa shape index (κ2) is 6.92. The third-order valence-corrected chi connectivity index (χ3v) is 4.60. The van der Waals surface area contributed by atoms with E-state index < -0.39 is 11.0 Å². The number of non-ortho nitro benzene ring substituents is 1. The molecule has 2 aromatic rings. The molecule has 1 atom stereocenters. The minimum Gasteiger partial charge on any atom is -0.391 e. The van der Waals surface area contributed by atoms with Crippen LogP contribution in [0.25, 0.3) is 10.9 Å². The van der Waals surface area contributed by atoms with E-state index in [1.54, 1.807) is 12.1 Å². The lowest BCUT2D eigenvalue weighted by atomic mass is 10.0. The van der Waals surface area contributed by atoms with Crippen molar-refractivity contribution in [3.05, 3.63) is 46.1 Å². The Morgan fingerprint density at radius 2 is 2.12 bits per heavy atom. The van der Waals surface area contributed by atoms with E-state index >= 15 is 0 Å². The number of fused-ring (bicyclic) bond motifs is 1. The summed E-state index contributed by atoms with van der Waals surface area (Å²) >= 11 is 0. The zero-order valence-electron chi connectivity index (χ0n) is 13.1. The number of nitro benzene ring substituents is 1. The Morgan fingerprint density at radius 1 is 1.38 bits per heavy atom. The number of aliphatic hydroxyl groups is 1. The Kier molecular flexibility index (Phi) is 4.71. The maximum absolute atomic E-state index is 12.4. The standard InChI is InChI=1S/C17H19N3O4/c21-15(11-4-1-2-5-11)10-19-17(22)13-7-8-14(20(23)24)12-6-3-9-18-16(12)13/h3,6-9,11,15,21H,1-2,4-5,10H2,(H,19,22). The molecule has 1 saturated carbocycles. The van der Waals surface area contributed by atoms with Crippen molar-refractivity contribution >= 4 is 22.5 Å². The van der Waals surface area contributed by atoms with Crippen LogP contribution in [-0.4, -0.2) is 33.6 Å². The van der Waals surface area contributed by atoms with Gasteiger partial charge < -0.3 is 10.4 Å². The van der Waals surface area contributed by atoms with Crippen LogP contribution in [-0.2, 0) is 0 Å². The highest BCUT2D eigenvalue weighted by atomic mass is 16.6. The lowest BCUT2D eigenvalue weighted by Gasteiger charge is -2.18. The molecule has 1 aliphatic rings. The molecule has 3 rings (SSSR count). The number of aromatic nitrogens is 1. The van der Waals surface area contributed by atoms with Gasteiger partial charge in [-0.3, -0.25) is 19.9 Å². The number of nitrogens with one attached hydrogen (secondary N) is 1.